The van der Waals surface area contributed by atoms with Gasteiger partial charge in [0.05, 0.1) is 18.2 Å². The Kier molecular flexibility index (Phi) is 5.99. The Morgan fingerprint density at radius 1 is 1.40 bits per heavy atom. The summed E-state index contributed by atoms with van der Waals surface area (Å²) in [4.78, 5) is 22.6. The summed E-state index contributed by atoms with van der Waals surface area (Å²) in [5, 5.41) is 14.3. The second-order valence-corrected chi connectivity index (χ2v) is 4.49. The largest absolute Gasteiger partial charge is 0.478 e. The van der Waals surface area contributed by atoms with Crippen LogP contribution in [0.5, 0.6) is 0 Å². The molecule has 0 radical (unpaired) electrons. The molecule has 0 aliphatic heterocycles. The van der Waals surface area contributed by atoms with E-state index in [1.54, 1.807) is 13.0 Å². The van der Waals surface area contributed by atoms with Gasteiger partial charge >= 0.3 is 12.0 Å². The van der Waals surface area contributed by atoms with Crippen LogP contribution in [0.2, 0.25) is 0 Å². The fourth-order valence-electron chi connectivity index (χ4n) is 1.66. The molecular weight excluding hydrogens is 260 g/mol. The zero-order valence-corrected chi connectivity index (χ0v) is 11.9. The van der Waals surface area contributed by atoms with Crippen LogP contribution in [-0.2, 0) is 4.74 Å². The SMILES string of the molecule is CCOCC(C)NC(=O)Nc1ccc(C(=O)O)cc1C. The Labute approximate surface area is 118 Å². The molecule has 6 nitrogen and oxygen atoms in total. The van der Waals surface area contributed by atoms with Crippen molar-refractivity contribution in [1.29, 1.82) is 0 Å². The number of aryl methyl sites for hydroxylation is 1. The Morgan fingerprint density at radius 2 is 2.10 bits per heavy atom. The summed E-state index contributed by atoms with van der Waals surface area (Å²) < 4.78 is 5.20. The highest BCUT2D eigenvalue weighted by molar-refractivity contribution is 5.92. The third-order valence-corrected chi connectivity index (χ3v) is 2.67. The number of hydrogen-bond donors (Lipinski definition) is 3. The van der Waals surface area contributed by atoms with Gasteiger partial charge in [-0.05, 0) is 44.5 Å². The van der Waals surface area contributed by atoms with Crippen molar-refractivity contribution >= 4 is 17.7 Å². The van der Waals surface area contributed by atoms with Crippen molar-refractivity contribution in [2.24, 2.45) is 0 Å². The van der Waals surface area contributed by atoms with Crippen LogP contribution in [0.1, 0.15) is 29.8 Å². The first-order valence-electron chi connectivity index (χ1n) is 6.43. The van der Waals surface area contributed by atoms with Gasteiger partial charge in [0.1, 0.15) is 0 Å². The summed E-state index contributed by atoms with van der Waals surface area (Å²) in [5.41, 5.74) is 1.46. The normalized spacial score (nSPS) is 11.8. The summed E-state index contributed by atoms with van der Waals surface area (Å²) in [6, 6.07) is 4.10. The number of aromatic carboxylic acids is 1. The standard InChI is InChI=1S/C14H20N2O4/c1-4-20-8-10(3)15-14(19)16-12-6-5-11(13(17)18)7-9(12)2/h5-7,10H,4,8H2,1-3H3,(H,17,18)(H2,15,16,19). The molecule has 110 valence electrons. The number of urea groups is 1. The average Bonchev–Trinajstić information content (AvgIpc) is 2.38. The number of carbonyl (C=O) groups is 2. The van der Waals surface area contributed by atoms with Crippen LogP contribution in [0.15, 0.2) is 18.2 Å². The molecule has 20 heavy (non-hydrogen) atoms. The van der Waals surface area contributed by atoms with Crippen molar-refractivity contribution in [3.63, 3.8) is 0 Å². The molecule has 1 rings (SSSR count). The maximum Gasteiger partial charge on any atom is 0.335 e. The van der Waals surface area contributed by atoms with Gasteiger partial charge in [0, 0.05) is 12.3 Å². The number of ether oxygens (including phenoxy) is 1. The molecule has 2 amide bonds. The molecule has 6 heteroatoms. The van der Waals surface area contributed by atoms with Crippen LogP contribution in [0.3, 0.4) is 0 Å². The first-order chi connectivity index (χ1) is 9.43. The lowest BCUT2D eigenvalue weighted by molar-refractivity contribution is 0.0697. The quantitative estimate of drug-likeness (QED) is 0.745. The molecule has 0 spiro atoms. The van der Waals surface area contributed by atoms with Gasteiger partial charge < -0.3 is 20.5 Å². The van der Waals surface area contributed by atoms with Gasteiger partial charge in [0.15, 0.2) is 0 Å². The van der Waals surface area contributed by atoms with Gasteiger partial charge in [-0.25, -0.2) is 9.59 Å². The van der Waals surface area contributed by atoms with Gasteiger partial charge in [-0.2, -0.15) is 0 Å². The zero-order valence-electron chi connectivity index (χ0n) is 11.9. The van der Waals surface area contributed by atoms with Crippen molar-refractivity contribution in [1.82, 2.24) is 5.32 Å². The number of carboxylic acid groups (broad SMARTS) is 1. The summed E-state index contributed by atoms with van der Waals surface area (Å²) in [7, 11) is 0. The first-order valence-corrected chi connectivity index (χ1v) is 6.43. The number of nitrogens with one attached hydrogen (secondary N) is 2. The molecule has 3 N–H and O–H groups in total. The van der Waals surface area contributed by atoms with Crippen molar-refractivity contribution < 1.29 is 19.4 Å². The van der Waals surface area contributed by atoms with E-state index in [9.17, 15) is 9.59 Å². The Morgan fingerprint density at radius 3 is 2.65 bits per heavy atom. The van der Waals surface area contributed by atoms with E-state index >= 15 is 0 Å². The number of amides is 2. The Balaban J connectivity index is 2.60. The monoisotopic (exact) mass is 280 g/mol. The minimum Gasteiger partial charge on any atom is -0.478 e. The maximum atomic E-state index is 11.8. The molecule has 1 aromatic carbocycles. The van der Waals surface area contributed by atoms with Crippen LogP contribution >= 0.6 is 0 Å². The van der Waals surface area contributed by atoms with Crippen molar-refractivity contribution in [3.8, 4) is 0 Å². The lowest BCUT2D eigenvalue weighted by Gasteiger charge is -2.15. The highest BCUT2D eigenvalue weighted by Crippen LogP contribution is 2.16. The predicted octanol–water partition coefficient (Wildman–Crippen LogP) is 2.24. The average molecular weight is 280 g/mol. The highest BCUT2D eigenvalue weighted by Gasteiger charge is 2.10. The van der Waals surface area contributed by atoms with E-state index < -0.39 is 5.97 Å². The molecule has 0 aliphatic rings. The van der Waals surface area contributed by atoms with Gasteiger partial charge in [-0.1, -0.05) is 0 Å². The number of carboxylic acids is 1. The van der Waals surface area contributed by atoms with E-state index in [0.717, 1.165) is 0 Å². The van der Waals surface area contributed by atoms with E-state index in [1.165, 1.54) is 12.1 Å². The van der Waals surface area contributed by atoms with E-state index in [1.807, 2.05) is 13.8 Å². The molecule has 0 saturated heterocycles. The molecule has 1 aromatic rings. The predicted molar refractivity (Wildman–Crippen MR) is 76.2 cm³/mol. The highest BCUT2D eigenvalue weighted by atomic mass is 16.5. The number of rotatable bonds is 6. The van der Waals surface area contributed by atoms with Crippen LogP contribution in [0.4, 0.5) is 10.5 Å². The van der Waals surface area contributed by atoms with Crippen molar-refractivity contribution in [2.45, 2.75) is 26.8 Å². The van der Waals surface area contributed by atoms with Gasteiger partial charge in [0.25, 0.3) is 0 Å². The fraction of sp³-hybridized carbons (Fsp3) is 0.429. The maximum absolute atomic E-state index is 11.8. The first kappa shape index (κ1) is 16.0. The second-order valence-electron chi connectivity index (χ2n) is 4.49. The molecule has 0 fully saturated rings. The van der Waals surface area contributed by atoms with E-state index in [0.29, 0.717) is 24.5 Å². The van der Waals surface area contributed by atoms with E-state index in [4.69, 9.17) is 9.84 Å². The molecular formula is C14H20N2O4. The summed E-state index contributed by atoms with van der Waals surface area (Å²) in [5.74, 6) is -0.991. The minimum absolute atomic E-state index is 0.103. The summed E-state index contributed by atoms with van der Waals surface area (Å²) in [6.45, 7) is 6.52. The van der Waals surface area contributed by atoms with Gasteiger partial charge in [-0.15, -0.1) is 0 Å². The van der Waals surface area contributed by atoms with Crippen LogP contribution < -0.4 is 10.6 Å². The molecule has 1 unspecified atom stereocenters. The molecule has 1 atom stereocenters. The van der Waals surface area contributed by atoms with Crippen LogP contribution in [0.25, 0.3) is 0 Å². The molecule has 0 aromatic heterocycles. The van der Waals surface area contributed by atoms with E-state index in [-0.39, 0.29) is 17.6 Å². The third kappa shape index (κ3) is 4.89. The fourth-order valence-corrected chi connectivity index (χ4v) is 1.66. The smallest absolute Gasteiger partial charge is 0.335 e. The topological polar surface area (TPSA) is 87.7 Å². The molecule has 0 aliphatic carbocycles. The lowest BCUT2D eigenvalue weighted by atomic mass is 10.1. The van der Waals surface area contributed by atoms with Crippen LogP contribution in [-0.4, -0.2) is 36.4 Å². The Bertz CT molecular complexity index is 488. The second kappa shape index (κ2) is 7.49. The number of carbonyl (C=O) groups excluding carboxylic acids is 1. The van der Waals surface area contributed by atoms with E-state index in [2.05, 4.69) is 10.6 Å². The minimum atomic E-state index is -0.991. The molecule has 0 saturated carbocycles. The summed E-state index contributed by atoms with van der Waals surface area (Å²) >= 11 is 0. The number of benzene rings is 1. The Hall–Kier alpha value is -2.08. The lowest BCUT2D eigenvalue weighted by Crippen LogP contribution is -2.38. The molecule has 0 heterocycles. The number of anilines is 1. The van der Waals surface area contributed by atoms with Crippen LogP contribution in [0, 0.1) is 6.92 Å². The summed E-state index contributed by atoms with van der Waals surface area (Å²) in [6.07, 6.45) is 0. The van der Waals surface area contributed by atoms with Crippen molar-refractivity contribution in [3.05, 3.63) is 29.3 Å². The van der Waals surface area contributed by atoms with Gasteiger partial charge in [-0.3, -0.25) is 0 Å². The third-order valence-electron chi connectivity index (χ3n) is 2.67. The van der Waals surface area contributed by atoms with Gasteiger partial charge in [0.2, 0.25) is 0 Å². The van der Waals surface area contributed by atoms with Crippen molar-refractivity contribution in [2.75, 3.05) is 18.5 Å². The zero-order chi connectivity index (χ0) is 15.1. The molecule has 0 bridgehead atoms. The number of hydrogen-bond acceptors (Lipinski definition) is 3.